The van der Waals surface area contributed by atoms with Gasteiger partial charge in [-0.1, -0.05) is 11.6 Å². The molecule has 1 spiro atoms. The number of nitrogens with zero attached hydrogens (tertiary/aromatic N) is 5. The second kappa shape index (κ2) is 8.62. The molecule has 8 nitrogen and oxygen atoms in total. The molecule has 33 heavy (non-hydrogen) atoms. The summed E-state index contributed by atoms with van der Waals surface area (Å²) >= 11 is 12.0. The molecule has 4 heterocycles. The highest BCUT2D eigenvalue weighted by Crippen LogP contribution is 2.47. The van der Waals surface area contributed by atoms with Crippen LogP contribution in [0.25, 0.3) is 0 Å². The summed E-state index contributed by atoms with van der Waals surface area (Å²) in [7, 11) is 2.12. The lowest BCUT2D eigenvalue weighted by Gasteiger charge is -2.42. The Hall–Kier alpha value is -2.62. The molecule has 0 radical (unpaired) electrons. The van der Waals surface area contributed by atoms with Crippen LogP contribution in [0, 0.1) is 5.41 Å². The summed E-state index contributed by atoms with van der Waals surface area (Å²) < 4.78 is 6.08. The summed E-state index contributed by atoms with van der Waals surface area (Å²) in [6, 6.07) is 5.41. The molecule has 1 saturated carbocycles. The summed E-state index contributed by atoms with van der Waals surface area (Å²) in [5.74, 6) is 0.508. The van der Waals surface area contributed by atoms with Gasteiger partial charge in [-0.25, -0.2) is 4.98 Å². The number of carbonyl (C=O) groups excluding carboxylic acids is 1. The van der Waals surface area contributed by atoms with Crippen molar-refractivity contribution in [2.45, 2.75) is 43.7 Å². The van der Waals surface area contributed by atoms with Crippen LogP contribution >= 0.6 is 23.8 Å². The van der Waals surface area contributed by atoms with Crippen LogP contribution in [0.15, 0.2) is 30.6 Å². The second-order valence-corrected chi connectivity index (χ2v) is 9.60. The van der Waals surface area contributed by atoms with E-state index in [9.17, 15) is 4.79 Å². The minimum atomic E-state index is -0.707. The van der Waals surface area contributed by atoms with Crippen molar-refractivity contribution in [2.24, 2.45) is 0 Å². The van der Waals surface area contributed by atoms with Crippen molar-refractivity contribution >= 4 is 52.4 Å². The van der Waals surface area contributed by atoms with Crippen LogP contribution in [-0.4, -0.2) is 63.9 Å². The zero-order chi connectivity index (χ0) is 23.2. The molecule has 1 aliphatic carbocycles. The highest BCUT2D eigenvalue weighted by Gasteiger charge is 2.59. The Kier molecular flexibility index (Phi) is 5.80. The molecule has 3 aliphatic rings. The number of nitrogens with one attached hydrogen (secondary N) is 1. The first-order valence-electron chi connectivity index (χ1n) is 11.1. The van der Waals surface area contributed by atoms with Gasteiger partial charge in [0.2, 0.25) is 5.88 Å². The summed E-state index contributed by atoms with van der Waals surface area (Å²) in [6.45, 7) is 2.04. The third-order valence-electron chi connectivity index (χ3n) is 6.77. The lowest BCUT2D eigenvalue weighted by atomic mass is 9.75. The second-order valence-electron chi connectivity index (χ2n) is 8.82. The molecule has 0 atom stereocenters. The van der Waals surface area contributed by atoms with Gasteiger partial charge < -0.3 is 19.9 Å². The predicted octanol–water partition coefficient (Wildman–Crippen LogP) is 3.66. The molecule has 2 aromatic rings. The Morgan fingerprint density at radius 1 is 1.21 bits per heavy atom. The SMILES string of the molecule is CN1CCC(Oc2ccc(N3C(=S)N(c4cnc(C=N)c(Cl)c4)C(=O)C34CCC4)cn2)CC1. The number of halogens is 1. The fourth-order valence-electron chi connectivity index (χ4n) is 4.72. The van der Waals surface area contributed by atoms with E-state index >= 15 is 0 Å². The number of piperidine rings is 1. The number of aromatic nitrogens is 2. The van der Waals surface area contributed by atoms with Crippen LogP contribution in [-0.2, 0) is 4.79 Å². The van der Waals surface area contributed by atoms with Gasteiger partial charge in [0.05, 0.1) is 34.5 Å². The molecule has 2 aromatic heterocycles. The van der Waals surface area contributed by atoms with Crippen molar-refractivity contribution in [3.63, 3.8) is 0 Å². The van der Waals surface area contributed by atoms with E-state index in [0.717, 1.165) is 57.1 Å². The van der Waals surface area contributed by atoms with E-state index in [1.165, 1.54) is 11.1 Å². The molecule has 2 saturated heterocycles. The number of likely N-dealkylation sites (tertiary alicyclic amines) is 1. The molecule has 5 rings (SSSR count). The summed E-state index contributed by atoms with van der Waals surface area (Å²) in [6.07, 6.45) is 8.87. The number of pyridine rings is 2. The highest BCUT2D eigenvalue weighted by molar-refractivity contribution is 7.81. The average molecular weight is 485 g/mol. The van der Waals surface area contributed by atoms with Crippen molar-refractivity contribution in [1.82, 2.24) is 14.9 Å². The zero-order valence-corrected chi connectivity index (χ0v) is 19.9. The fraction of sp³-hybridized carbons (Fsp3) is 0.435. The van der Waals surface area contributed by atoms with Crippen LogP contribution in [0.3, 0.4) is 0 Å². The number of thiocarbonyl (C=S) groups is 1. The summed E-state index contributed by atoms with van der Waals surface area (Å²) in [5, 5.41) is 8.07. The van der Waals surface area contributed by atoms with Gasteiger partial charge in [0.1, 0.15) is 11.6 Å². The van der Waals surface area contributed by atoms with Gasteiger partial charge in [-0.2, -0.15) is 0 Å². The lowest BCUT2D eigenvalue weighted by Crippen LogP contribution is -2.55. The standard InChI is InChI=1S/C23H25ClN6O2S/c1-28-9-5-17(6-10-28)32-20-4-3-15(13-27-20)30-22(33)29(21(31)23(30)7-2-8-23)16-11-18(24)19(12-25)26-14-16/h3-4,11-14,17,25H,2,5-10H2,1H3. The topological polar surface area (TPSA) is 85.7 Å². The smallest absolute Gasteiger partial charge is 0.259 e. The number of anilines is 2. The molecule has 1 N–H and O–H groups in total. The quantitative estimate of drug-likeness (QED) is 0.512. The lowest BCUT2D eigenvalue weighted by molar-refractivity contribution is -0.123. The fourth-order valence-corrected chi connectivity index (χ4v) is 5.41. The average Bonchev–Trinajstić information content (AvgIpc) is 3.02. The van der Waals surface area contributed by atoms with E-state index in [0.29, 0.717) is 27.4 Å². The van der Waals surface area contributed by atoms with Gasteiger partial charge in [-0.05, 0) is 63.5 Å². The van der Waals surface area contributed by atoms with Crippen molar-refractivity contribution in [1.29, 1.82) is 5.41 Å². The predicted molar refractivity (Wildman–Crippen MR) is 132 cm³/mol. The number of hydrogen-bond acceptors (Lipinski definition) is 7. The first kappa shape index (κ1) is 22.2. The molecule has 3 fully saturated rings. The number of rotatable bonds is 5. The molecule has 0 bridgehead atoms. The minimum absolute atomic E-state index is 0.0779. The third-order valence-corrected chi connectivity index (χ3v) is 7.44. The summed E-state index contributed by atoms with van der Waals surface area (Å²) in [4.78, 5) is 28.0. The van der Waals surface area contributed by atoms with E-state index in [4.69, 9.17) is 34.0 Å². The molecule has 0 aromatic carbocycles. The van der Waals surface area contributed by atoms with Crippen LogP contribution in [0.5, 0.6) is 5.88 Å². The maximum absolute atomic E-state index is 13.6. The van der Waals surface area contributed by atoms with E-state index in [-0.39, 0.29) is 12.0 Å². The maximum atomic E-state index is 13.6. The Morgan fingerprint density at radius 3 is 2.52 bits per heavy atom. The Bertz CT molecular complexity index is 1100. The van der Waals surface area contributed by atoms with Gasteiger partial charge in [-0.15, -0.1) is 0 Å². The number of amides is 1. The monoisotopic (exact) mass is 484 g/mol. The van der Waals surface area contributed by atoms with Crippen LogP contribution < -0.4 is 14.5 Å². The molecule has 0 unspecified atom stereocenters. The van der Waals surface area contributed by atoms with Crippen LogP contribution in [0.1, 0.15) is 37.8 Å². The molecule has 10 heteroatoms. The van der Waals surface area contributed by atoms with Gasteiger partial charge in [0, 0.05) is 25.4 Å². The highest BCUT2D eigenvalue weighted by atomic mass is 35.5. The third kappa shape index (κ3) is 3.78. The van der Waals surface area contributed by atoms with Crippen molar-refractivity contribution < 1.29 is 9.53 Å². The van der Waals surface area contributed by atoms with E-state index in [1.54, 1.807) is 12.3 Å². The molecular weight excluding hydrogens is 460 g/mol. The molecule has 2 aliphatic heterocycles. The Morgan fingerprint density at radius 2 is 1.94 bits per heavy atom. The van der Waals surface area contributed by atoms with E-state index in [1.807, 2.05) is 17.0 Å². The van der Waals surface area contributed by atoms with Gasteiger partial charge in [-0.3, -0.25) is 14.7 Å². The van der Waals surface area contributed by atoms with Crippen molar-refractivity contribution in [3.8, 4) is 5.88 Å². The molecular formula is C23H25ClN6O2S. The number of carbonyl (C=O) groups is 1. The van der Waals surface area contributed by atoms with Crippen molar-refractivity contribution in [2.75, 3.05) is 29.9 Å². The van der Waals surface area contributed by atoms with E-state index < -0.39 is 5.54 Å². The Balaban J connectivity index is 1.40. The normalized spacial score (nSPS) is 20.9. The van der Waals surface area contributed by atoms with Crippen LogP contribution in [0.2, 0.25) is 5.02 Å². The maximum Gasteiger partial charge on any atom is 0.259 e. The first-order valence-corrected chi connectivity index (χ1v) is 11.9. The number of ether oxygens (including phenoxy) is 1. The summed E-state index contributed by atoms with van der Waals surface area (Å²) in [5.41, 5.74) is 0.908. The van der Waals surface area contributed by atoms with Crippen molar-refractivity contribution in [3.05, 3.63) is 41.3 Å². The van der Waals surface area contributed by atoms with Crippen LogP contribution in [0.4, 0.5) is 11.4 Å². The van der Waals surface area contributed by atoms with Gasteiger partial charge >= 0.3 is 0 Å². The van der Waals surface area contributed by atoms with Gasteiger partial charge in [0.15, 0.2) is 5.11 Å². The van der Waals surface area contributed by atoms with E-state index in [2.05, 4.69) is 21.9 Å². The Labute approximate surface area is 203 Å². The molecule has 1 amide bonds. The zero-order valence-electron chi connectivity index (χ0n) is 18.3. The minimum Gasteiger partial charge on any atom is -0.474 e. The van der Waals surface area contributed by atoms with Gasteiger partial charge in [0.25, 0.3) is 5.91 Å². The largest absolute Gasteiger partial charge is 0.474 e. The number of hydrogen-bond donors (Lipinski definition) is 1. The first-order chi connectivity index (χ1) is 15.9. The molecule has 172 valence electrons.